The van der Waals surface area contributed by atoms with E-state index < -0.39 is 0 Å². The van der Waals surface area contributed by atoms with Gasteiger partial charge in [-0.1, -0.05) is 0 Å². The number of nitrogens with zero attached hydrogens (tertiary/aromatic N) is 6. The minimum absolute atomic E-state index is 0.0270. The SMILES string of the molecule is Nc1nnc2nnc(Cl)n2n1. The van der Waals surface area contributed by atoms with Gasteiger partial charge in [-0.15, -0.1) is 25.5 Å². The van der Waals surface area contributed by atoms with Crippen molar-refractivity contribution in [1.82, 2.24) is 30.0 Å². The van der Waals surface area contributed by atoms with Gasteiger partial charge >= 0.3 is 0 Å². The Hall–Kier alpha value is -1.50. The number of rotatable bonds is 0. The molecule has 8 heteroatoms. The number of nitrogen functional groups attached to an aromatic ring is 1. The van der Waals surface area contributed by atoms with E-state index in [9.17, 15) is 0 Å². The van der Waals surface area contributed by atoms with Gasteiger partial charge in [-0.2, -0.15) is 4.52 Å². The molecule has 0 unspecified atom stereocenters. The van der Waals surface area contributed by atoms with Gasteiger partial charge in [0.05, 0.1) is 0 Å². The molecule has 2 N–H and O–H groups in total. The maximum Gasteiger partial charge on any atom is 0.292 e. The number of hydrogen-bond donors (Lipinski definition) is 1. The molecule has 0 aromatic carbocycles. The molecule has 2 heterocycles. The molecule has 0 spiro atoms. The standard InChI is InChI=1S/C3H2ClN7/c4-1-6-8-3-9-7-2(5)10-11(1)3/h(H2,5,10). The Labute approximate surface area is 65.2 Å². The molecule has 0 aliphatic carbocycles. The third-order valence-corrected chi connectivity index (χ3v) is 1.27. The molecule has 0 fully saturated rings. The average Bonchev–Trinajstić information content (AvgIpc) is 2.33. The second kappa shape index (κ2) is 1.99. The minimum atomic E-state index is 0.0270. The first-order valence-corrected chi connectivity index (χ1v) is 3.02. The zero-order valence-corrected chi connectivity index (χ0v) is 5.89. The van der Waals surface area contributed by atoms with Crippen molar-refractivity contribution in [3.63, 3.8) is 0 Å². The van der Waals surface area contributed by atoms with E-state index in [0.717, 1.165) is 0 Å². The number of aromatic nitrogens is 6. The fourth-order valence-corrected chi connectivity index (χ4v) is 0.771. The van der Waals surface area contributed by atoms with Crippen LogP contribution in [0.3, 0.4) is 0 Å². The predicted molar refractivity (Wildman–Crippen MR) is 35.8 cm³/mol. The van der Waals surface area contributed by atoms with Crippen LogP contribution in [0.5, 0.6) is 0 Å². The summed E-state index contributed by atoms with van der Waals surface area (Å²) in [6, 6.07) is 0. The Balaban J connectivity index is 2.87. The molecular weight excluding hydrogens is 170 g/mol. The van der Waals surface area contributed by atoms with Gasteiger partial charge in [-0.3, -0.25) is 0 Å². The third kappa shape index (κ3) is 0.855. The summed E-state index contributed by atoms with van der Waals surface area (Å²) >= 11 is 5.55. The Kier molecular flexibility index (Phi) is 1.13. The van der Waals surface area contributed by atoms with Crippen LogP contribution in [0.25, 0.3) is 5.78 Å². The Bertz CT molecular complexity index is 393. The van der Waals surface area contributed by atoms with E-state index in [1.54, 1.807) is 0 Å². The predicted octanol–water partition coefficient (Wildman–Crippen LogP) is -0.850. The lowest BCUT2D eigenvalue weighted by atomic mass is 11.0. The fraction of sp³-hybridized carbons (Fsp3) is 0. The zero-order chi connectivity index (χ0) is 7.84. The average molecular weight is 172 g/mol. The van der Waals surface area contributed by atoms with Crippen LogP contribution in [0.2, 0.25) is 5.28 Å². The Morgan fingerprint density at radius 3 is 2.73 bits per heavy atom. The molecule has 0 aliphatic heterocycles. The summed E-state index contributed by atoms with van der Waals surface area (Å²) in [6.45, 7) is 0. The van der Waals surface area contributed by atoms with Crippen LogP contribution in [0.4, 0.5) is 5.95 Å². The van der Waals surface area contributed by atoms with E-state index in [4.69, 9.17) is 17.3 Å². The minimum Gasteiger partial charge on any atom is -0.365 e. The van der Waals surface area contributed by atoms with Crippen LogP contribution in [-0.2, 0) is 0 Å². The molecule has 56 valence electrons. The molecule has 2 rings (SSSR count). The Morgan fingerprint density at radius 2 is 1.91 bits per heavy atom. The first kappa shape index (κ1) is 6.23. The molecule has 7 nitrogen and oxygen atoms in total. The highest BCUT2D eigenvalue weighted by Crippen LogP contribution is 2.02. The van der Waals surface area contributed by atoms with Crippen LogP contribution in [0.1, 0.15) is 0 Å². The number of hydrogen-bond acceptors (Lipinski definition) is 6. The topological polar surface area (TPSA) is 94.9 Å². The summed E-state index contributed by atoms with van der Waals surface area (Å²) in [4.78, 5) is 0. The lowest BCUT2D eigenvalue weighted by molar-refractivity contribution is 0.840. The van der Waals surface area contributed by atoms with E-state index in [2.05, 4.69) is 25.5 Å². The molecule has 0 saturated heterocycles. The van der Waals surface area contributed by atoms with Crippen molar-refractivity contribution < 1.29 is 0 Å². The van der Waals surface area contributed by atoms with Gasteiger partial charge in [0.2, 0.25) is 5.28 Å². The summed E-state index contributed by atoms with van der Waals surface area (Å²) in [5, 5.41) is 17.9. The molecular formula is C3H2ClN7. The summed E-state index contributed by atoms with van der Waals surface area (Å²) in [5.41, 5.74) is 5.23. The van der Waals surface area contributed by atoms with Gasteiger partial charge in [-0.05, 0) is 11.6 Å². The molecule has 2 aromatic rings. The summed E-state index contributed by atoms with van der Waals surface area (Å²) in [7, 11) is 0. The van der Waals surface area contributed by atoms with Crippen LogP contribution >= 0.6 is 11.6 Å². The van der Waals surface area contributed by atoms with E-state index in [1.165, 1.54) is 4.52 Å². The highest BCUT2D eigenvalue weighted by molar-refractivity contribution is 6.28. The molecule has 2 aromatic heterocycles. The highest BCUT2D eigenvalue weighted by atomic mass is 35.5. The van der Waals surface area contributed by atoms with Gasteiger partial charge in [0.1, 0.15) is 0 Å². The molecule has 0 saturated carbocycles. The quantitative estimate of drug-likeness (QED) is 0.555. The first-order valence-electron chi connectivity index (χ1n) is 2.64. The largest absolute Gasteiger partial charge is 0.365 e. The van der Waals surface area contributed by atoms with Crippen LogP contribution in [0, 0.1) is 0 Å². The van der Waals surface area contributed by atoms with Crippen molar-refractivity contribution in [2.24, 2.45) is 0 Å². The number of fused-ring (bicyclic) bond motifs is 1. The second-order valence-electron chi connectivity index (χ2n) is 1.74. The fourth-order valence-electron chi connectivity index (χ4n) is 0.620. The smallest absolute Gasteiger partial charge is 0.292 e. The maximum absolute atomic E-state index is 5.55. The molecule has 0 aliphatic rings. The summed E-state index contributed by atoms with van der Waals surface area (Å²) in [6.07, 6.45) is 0. The van der Waals surface area contributed by atoms with Crippen molar-refractivity contribution >= 4 is 23.3 Å². The molecule has 11 heavy (non-hydrogen) atoms. The number of nitrogens with two attached hydrogens (primary N) is 1. The lowest BCUT2D eigenvalue weighted by Crippen LogP contribution is -2.03. The normalized spacial score (nSPS) is 10.6. The number of halogens is 1. The van der Waals surface area contributed by atoms with Crippen molar-refractivity contribution in [2.75, 3.05) is 5.73 Å². The summed E-state index contributed by atoms with van der Waals surface area (Å²) < 4.78 is 1.20. The van der Waals surface area contributed by atoms with Gasteiger partial charge in [-0.25, -0.2) is 0 Å². The second-order valence-corrected chi connectivity index (χ2v) is 2.08. The summed E-state index contributed by atoms with van der Waals surface area (Å²) in [5.74, 6) is 0.253. The maximum atomic E-state index is 5.55. The van der Waals surface area contributed by atoms with E-state index in [-0.39, 0.29) is 17.0 Å². The number of anilines is 1. The van der Waals surface area contributed by atoms with E-state index in [1.807, 2.05) is 0 Å². The highest BCUT2D eigenvalue weighted by Gasteiger charge is 2.04. The Morgan fingerprint density at radius 1 is 1.18 bits per heavy atom. The van der Waals surface area contributed by atoms with Crippen LogP contribution in [-0.4, -0.2) is 30.0 Å². The van der Waals surface area contributed by atoms with E-state index in [0.29, 0.717) is 0 Å². The van der Waals surface area contributed by atoms with Crippen LogP contribution < -0.4 is 5.73 Å². The van der Waals surface area contributed by atoms with Crippen molar-refractivity contribution in [3.05, 3.63) is 5.28 Å². The van der Waals surface area contributed by atoms with Gasteiger partial charge in [0, 0.05) is 0 Å². The van der Waals surface area contributed by atoms with E-state index >= 15 is 0 Å². The van der Waals surface area contributed by atoms with Crippen LogP contribution in [0.15, 0.2) is 0 Å². The molecule has 0 radical (unpaired) electrons. The molecule has 0 atom stereocenters. The van der Waals surface area contributed by atoms with Gasteiger partial charge < -0.3 is 5.73 Å². The van der Waals surface area contributed by atoms with Crippen molar-refractivity contribution in [2.45, 2.75) is 0 Å². The van der Waals surface area contributed by atoms with Gasteiger partial charge in [0.25, 0.3) is 11.7 Å². The third-order valence-electron chi connectivity index (χ3n) is 1.03. The molecule has 0 amide bonds. The zero-order valence-electron chi connectivity index (χ0n) is 5.14. The molecule has 0 bridgehead atoms. The monoisotopic (exact) mass is 171 g/mol. The first-order chi connectivity index (χ1) is 5.27. The van der Waals surface area contributed by atoms with Gasteiger partial charge in [0.15, 0.2) is 0 Å². The van der Waals surface area contributed by atoms with Crippen molar-refractivity contribution in [3.8, 4) is 0 Å². The lowest BCUT2D eigenvalue weighted by Gasteiger charge is -1.89. The van der Waals surface area contributed by atoms with Crippen molar-refractivity contribution in [1.29, 1.82) is 0 Å².